The van der Waals surface area contributed by atoms with E-state index in [0.717, 1.165) is 17.9 Å². The molecule has 2 rings (SSSR count). The van der Waals surface area contributed by atoms with Gasteiger partial charge >= 0.3 is 0 Å². The van der Waals surface area contributed by atoms with Crippen LogP contribution in [0.15, 0.2) is 42.7 Å². The normalized spacial score (nSPS) is 10.7. The molecule has 1 aromatic carbocycles. The summed E-state index contributed by atoms with van der Waals surface area (Å²) in [5.41, 5.74) is 4.20. The molecule has 2 aromatic rings. The van der Waals surface area contributed by atoms with E-state index in [1.165, 1.54) is 42.4 Å². The third kappa shape index (κ3) is 4.64. The second kappa shape index (κ2) is 8.06. The molecule has 1 heterocycles. The predicted molar refractivity (Wildman–Crippen MR) is 86.3 cm³/mol. The van der Waals surface area contributed by atoms with Gasteiger partial charge in [0.1, 0.15) is 0 Å². The molecule has 20 heavy (non-hydrogen) atoms. The Hall–Kier alpha value is -1.34. The van der Waals surface area contributed by atoms with Crippen molar-refractivity contribution in [2.75, 3.05) is 0 Å². The highest BCUT2D eigenvalue weighted by atomic mass is 35.5. The Kier molecular flexibility index (Phi) is 6.07. The zero-order valence-corrected chi connectivity index (χ0v) is 12.9. The molecule has 0 aliphatic rings. The number of benzene rings is 1. The lowest BCUT2D eigenvalue weighted by atomic mass is 10.0. The Morgan fingerprint density at radius 1 is 1.00 bits per heavy atom. The maximum absolute atomic E-state index is 5.99. The predicted octanol–water partition coefficient (Wildman–Crippen LogP) is 5.25. The highest BCUT2D eigenvalue weighted by molar-refractivity contribution is 6.30. The number of unbranched alkanes of at least 4 members (excludes halogenated alkanes) is 2. The molecular weight excluding hydrogens is 266 g/mol. The van der Waals surface area contributed by atoms with Crippen LogP contribution in [0, 0.1) is 0 Å². The number of aromatic nitrogens is 1. The molecule has 2 heteroatoms. The number of hydrogen-bond acceptors (Lipinski definition) is 1. The van der Waals surface area contributed by atoms with E-state index >= 15 is 0 Å². The molecule has 0 fully saturated rings. The summed E-state index contributed by atoms with van der Waals surface area (Å²) >= 11 is 5.99. The maximum atomic E-state index is 5.99. The topological polar surface area (TPSA) is 12.9 Å². The van der Waals surface area contributed by atoms with Gasteiger partial charge in [0, 0.05) is 17.4 Å². The lowest BCUT2D eigenvalue weighted by Crippen LogP contribution is -1.94. The summed E-state index contributed by atoms with van der Waals surface area (Å²) in [4.78, 5) is 4.20. The molecule has 0 amide bonds. The molecule has 0 bridgehead atoms. The Morgan fingerprint density at radius 2 is 1.85 bits per heavy atom. The first-order valence-electron chi connectivity index (χ1n) is 7.46. The maximum Gasteiger partial charge on any atom is 0.0408 e. The van der Waals surface area contributed by atoms with Gasteiger partial charge < -0.3 is 0 Å². The second-order valence-electron chi connectivity index (χ2n) is 5.19. The van der Waals surface area contributed by atoms with E-state index in [-0.39, 0.29) is 0 Å². The van der Waals surface area contributed by atoms with Gasteiger partial charge in [-0.15, -0.1) is 0 Å². The van der Waals surface area contributed by atoms with Crippen molar-refractivity contribution in [2.45, 2.75) is 45.4 Å². The standard InChI is InChI=1S/C18H22ClN/c1-2-16-14-20-12-11-17(16)9-5-3-4-7-15-8-6-10-18(19)13-15/h6,8,10-14H,2-5,7,9H2,1H3. The fraction of sp³-hybridized carbons (Fsp3) is 0.389. The SMILES string of the molecule is CCc1cnccc1CCCCCc1cccc(Cl)c1. The first-order valence-corrected chi connectivity index (χ1v) is 7.83. The van der Waals surface area contributed by atoms with Crippen molar-refractivity contribution in [2.24, 2.45) is 0 Å². The Balaban J connectivity index is 1.71. The van der Waals surface area contributed by atoms with Crippen molar-refractivity contribution < 1.29 is 0 Å². The van der Waals surface area contributed by atoms with Crippen molar-refractivity contribution in [3.63, 3.8) is 0 Å². The van der Waals surface area contributed by atoms with E-state index in [2.05, 4.69) is 30.1 Å². The third-order valence-electron chi connectivity index (χ3n) is 3.69. The van der Waals surface area contributed by atoms with Crippen LogP contribution in [0.4, 0.5) is 0 Å². The fourth-order valence-corrected chi connectivity index (χ4v) is 2.74. The van der Waals surface area contributed by atoms with Crippen LogP contribution in [0.25, 0.3) is 0 Å². The summed E-state index contributed by atoms with van der Waals surface area (Å²) in [6.07, 6.45) is 11.0. The van der Waals surface area contributed by atoms with Gasteiger partial charge in [-0.05, 0) is 67.0 Å². The van der Waals surface area contributed by atoms with Crippen LogP contribution in [0.2, 0.25) is 5.02 Å². The lowest BCUT2D eigenvalue weighted by Gasteiger charge is -2.07. The van der Waals surface area contributed by atoms with Crippen molar-refractivity contribution in [3.05, 3.63) is 64.4 Å². The van der Waals surface area contributed by atoms with Crippen LogP contribution >= 0.6 is 11.6 Å². The van der Waals surface area contributed by atoms with Gasteiger partial charge in [0.05, 0.1) is 0 Å². The molecule has 106 valence electrons. The highest BCUT2D eigenvalue weighted by Gasteiger charge is 2.00. The molecule has 1 aromatic heterocycles. The van der Waals surface area contributed by atoms with E-state index < -0.39 is 0 Å². The van der Waals surface area contributed by atoms with Gasteiger partial charge in [-0.25, -0.2) is 0 Å². The minimum Gasteiger partial charge on any atom is -0.264 e. The number of aryl methyl sites for hydroxylation is 3. The van der Waals surface area contributed by atoms with Crippen LogP contribution in [0.1, 0.15) is 42.9 Å². The fourth-order valence-electron chi connectivity index (χ4n) is 2.53. The number of halogens is 1. The van der Waals surface area contributed by atoms with E-state index in [9.17, 15) is 0 Å². The molecule has 0 N–H and O–H groups in total. The summed E-state index contributed by atoms with van der Waals surface area (Å²) in [5, 5.41) is 0.840. The highest BCUT2D eigenvalue weighted by Crippen LogP contribution is 2.15. The number of hydrogen-bond donors (Lipinski definition) is 0. The molecule has 0 atom stereocenters. The van der Waals surface area contributed by atoms with E-state index in [1.54, 1.807) is 0 Å². The average Bonchev–Trinajstić information content (AvgIpc) is 2.47. The van der Waals surface area contributed by atoms with Crippen molar-refractivity contribution >= 4 is 11.6 Å². The summed E-state index contributed by atoms with van der Waals surface area (Å²) in [6, 6.07) is 10.3. The summed E-state index contributed by atoms with van der Waals surface area (Å²) in [5.74, 6) is 0. The largest absolute Gasteiger partial charge is 0.264 e. The quantitative estimate of drug-likeness (QED) is 0.634. The summed E-state index contributed by atoms with van der Waals surface area (Å²) < 4.78 is 0. The molecule has 0 spiro atoms. The zero-order valence-electron chi connectivity index (χ0n) is 12.1. The van der Waals surface area contributed by atoms with E-state index in [1.807, 2.05) is 24.5 Å². The van der Waals surface area contributed by atoms with Crippen molar-refractivity contribution in [1.82, 2.24) is 4.98 Å². The molecule has 0 aliphatic heterocycles. The van der Waals surface area contributed by atoms with Crippen LogP contribution in [-0.2, 0) is 19.3 Å². The second-order valence-corrected chi connectivity index (χ2v) is 5.62. The first kappa shape index (κ1) is 15.1. The molecule has 0 radical (unpaired) electrons. The van der Waals surface area contributed by atoms with E-state index in [0.29, 0.717) is 0 Å². The summed E-state index contributed by atoms with van der Waals surface area (Å²) in [6.45, 7) is 2.19. The van der Waals surface area contributed by atoms with Gasteiger partial charge in [0.25, 0.3) is 0 Å². The first-order chi connectivity index (χ1) is 9.79. The van der Waals surface area contributed by atoms with E-state index in [4.69, 9.17) is 11.6 Å². The molecule has 1 nitrogen and oxygen atoms in total. The molecule has 0 unspecified atom stereocenters. The zero-order chi connectivity index (χ0) is 14.2. The van der Waals surface area contributed by atoms with Crippen LogP contribution in [-0.4, -0.2) is 4.98 Å². The minimum absolute atomic E-state index is 0.840. The van der Waals surface area contributed by atoms with Gasteiger partial charge in [0.15, 0.2) is 0 Å². The summed E-state index contributed by atoms with van der Waals surface area (Å²) in [7, 11) is 0. The number of rotatable bonds is 7. The Bertz CT molecular complexity index is 536. The van der Waals surface area contributed by atoms with Crippen molar-refractivity contribution in [3.8, 4) is 0 Å². The average molecular weight is 288 g/mol. The lowest BCUT2D eigenvalue weighted by molar-refractivity contribution is 0.675. The number of pyridine rings is 1. The van der Waals surface area contributed by atoms with Gasteiger partial charge in [-0.3, -0.25) is 4.98 Å². The van der Waals surface area contributed by atoms with Crippen LogP contribution < -0.4 is 0 Å². The molecule has 0 saturated carbocycles. The smallest absolute Gasteiger partial charge is 0.0408 e. The molecular formula is C18H22ClN. The molecule has 0 aliphatic carbocycles. The Morgan fingerprint density at radius 3 is 2.65 bits per heavy atom. The third-order valence-corrected chi connectivity index (χ3v) is 3.92. The van der Waals surface area contributed by atoms with Gasteiger partial charge in [0.2, 0.25) is 0 Å². The van der Waals surface area contributed by atoms with Crippen LogP contribution in [0.3, 0.4) is 0 Å². The Labute approximate surface area is 127 Å². The van der Waals surface area contributed by atoms with Crippen LogP contribution in [0.5, 0.6) is 0 Å². The number of nitrogens with zero attached hydrogens (tertiary/aromatic N) is 1. The van der Waals surface area contributed by atoms with Gasteiger partial charge in [-0.2, -0.15) is 0 Å². The molecule has 0 saturated heterocycles. The monoisotopic (exact) mass is 287 g/mol. The van der Waals surface area contributed by atoms with Gasteiger partial charge in [-0.1, -0.05) is 37.1 Å². The van der Waals surface area contributed by atoms with Crippen molar-refractivity contribution in [1.29, 1.82) is 0 Å². The minimum atomic E-state index is 0.840.